The normalized spacial score (nSPS) is 17.3. The fourth-order valence-corrected chi connectivity index (χ4v) is 3.83. The molecular weight excluding hydrogens is 340 g/mol. The number of benzene rings is 1. The van der Waals surface area contributed by atoms with E-state index in [1.54, 1.807) is 11.9 Å². The minimum absolute atomic E-state index is 0.00861. The van der Waals surface area contributed by atoms with Crippen LogP contribution in [0.4, 0.5) is 0 Å². The van der Waals surface area contributed by atoms with Crippen LogP contribution in [0.5, 0.6) is 0 Å². The average molecular weight is 370 g/mol. The summed E-state index contributed by atoms with van der Waals surface area (Å²) in [6.07, 6.45) is 4.34. The predicted octanol–water partition coefficient (Wildman–Crippen LogP) is 2.92. The van der Waals surface area contributed by atoms with Gasteiger partial charge in [-0.25, -0.2) is 4.98 Å². The van der Waals surface area contributed by atoms with Crippen molar-refractivity contribution < 1.29 is 9.59 Å². The van der Waals surface area contributed by atoms with Crippen LogP contribution in [-0.4, -0.2) is 46.4 Å². The molecule has 2 heterocycles. The maximum absolute atomic E-state index is 12.1. The Bertz CT molecular complexity index is 812. The summed E-state index contributed by atoms with van der Waals surface area (Å²) in [5.41, 5.74) is 2.26. The fourth-order valence-electron chi connectivity index (χ4n) is 3.83. The number of carbonyl (C=O) groups excluding carboxylic acids is 2. The highest BCUT2D eigenvalue weighted by Crippen LogP contribution is 2.22. The summed E-state index contributed by atoms with van der Waals surface area (Å²) in [6.45, 7) is 5.60. The second-order valence-corrected chi connectivity index (χ2v) is 7.76. The summed E-state index contributed by atoms with van der Waals surface area (Å²) >= 11 is 0. The highest BCUT2D eigenvalue weighted by atomic mass is 16.2. The molecule has 1 atom stereocenters. The Labute approximate surface area is 160 Å². The van der Waals surface area contributed by atoms with E-state index in [-0.39, 0.29) is 17.7 Å². The quantitative estimate of drug-likeness (QED) is 0.727. The van der Waals surface area contributed by atoms with Gasteiger partial charge in [-0.1, -0.05) is 18.6 Å². The van der Waals surface area contributed by atoms with E-state index in [9.17, 15) is 9.59 Å². The Balaban J connectivity index is 1.42. The van der Waals surface area contributed by atoms with E-state index in [1.807, 2.05) is 6.07 Å². The molecule has 27 heavy (non-hydrogen) atoms. The van der Waals surface area contributed by atoms with Crippen LogP contribution in [0.1, 0.15) is 51.4 Å². The first-order valence-electron chi connectivity index (χ1n) is 9.95. The molecule has 6 nitrogen and oxygen atoms in total. The van der Waals surface area contributed by atoms with Gasteiger partial charge in [0.2, 0.25) is 11.8 Å². The second-order valence-electron chi connectivity index (χ2n) is 7.76. The molecule has 0 radical (unpaired) electrons. The zero-order valence-electron chi connectivity index (χ0n) is 16.6. The zero-order chi connectivity index (χ0) is 19.4. The van der Waals surface area contributed by atoms with E-state index in [1.165, 1.54) is 5.52 Å². The summed E-state index contributed by atoms with van der Waals surface area (Å²) in [5.74, 6) is 1.02. The van der Waals surface area contributed by atoms with Crippen LogP contribution >= 0.6 is 0 Å². The molecule has 1 aromatic heterocycles. The smallest absolute Gasteiger partial charge is 0.225 e. The molecular formula is C21H30N4O2. The van der Waals surface area contributed by atoms with Crippen LogP contribution in [0.2, 0.25) is 0 Å². The van der Waals surface area contributed by atoms with Crippen molar-refractivity contribution in [2.75, 3.05) is 20.1 Å². The number of imidazole rings is 1. The van der Waals surface area contributed by atoms with Gasteiger partial charge < -0.3 is 14.8 Å². The Hall–Kier alpha value is -2.37. The van der Waals surface area contributed by atoms with Crippen LogP contribution in [0.15, 0.2) is 24.3 Å². The molecule has 0 aliphatic carbocycles. The van der Waals surface area contributed by atoms with Crippen molar-refractivity contribution in [1.82, 2.24) is 19.8 Å². The third-order valence-corrected chi connectivity index (χ3v) is 5.27. The molecule has 0 spiro atoms. The zero-order valence-corrected chi connectivity index (χ0v) is 16.6. The molecule has 1 aromatic carbocycles. The van der Waals surface area contributed by atoms with Gasteiger partial charge in [0.05, 0.1) is 17.0 Å². The Morgan fingerprint density at radius 2 is 2.04 bits per heavy atom. The standard InChI is InChI=1S/C21H30N4O2/c1-15(2)25-18-10-7-6-9-17(18)23-19(25)11-5-4-8-12-22-21(27)16-13-20(26)24(3)14-16/h6-7,9-10,15-16H,4-5,8,11-14H2,1-3H3,(H,22,27). The van der Waals surface area contributed by atoms with Crippen molar-refractivity contribution in [1.29, 1.82) is 0 Å². The van der Waals surface area contributed by atoms with E-state index in [2.05, 4.69) is 41.9 Å². The monoisotopic (exact) mass is 370 g/mol. The Morgan fingerprint density at radius 1 is 1.26 bits per heavy atom. The summed E-state index contributed by atoms with van der Waals surface area (Å²) in [7, 11) is 1.75. The molecule has 1 unspecified atom stereocenters. The molecule has 6 heteroatoms. The number of hydrogen-bond acceptors (Lipinski definition) is 3. The molecule has 1 N–H and O–H groups in total. The Kier molecular flexibility index (Phi) is 6.14. The molecule has 0 saturated carbocycles. The lowest BCUT2D eigenvalue weighted by Crippen LogP contribution is -2.32. The van der Waals surface area contributed by atoms with E-state index >= 15 is 0 Å². The number of carbonyl (C=O) groups is 2. The van der Waals surface area contributed by atoms with Gasteiger partial charge in [0, 0.05) is 39.0 Å². The lowest BCUT2D eigenvalue weighted by Gasteiger charge is -2.13. The van der Waals surface area contributed by atoms with Gasteiger partial charge in [-0.05, 0) is 38.8 Å². The molecule has 3 rings (SSSR count). The maximum Gasteiger partial charge on any atom is 0.225 e. The number of rotatable bonds is 8. The summed E-state index contributed by atoms with van der Waals surface area (Å²) in [6, 6.07) is 8.68. The predicted molar refractivity (Wildman–Crippen MR) is 106 cm³/mol. The van der Waals surface area contributed by atoms with Crippen LogP contribution < -0.4 is 5.32 Å². The minimum Gasteiger partial charge on any atom is -0.356 e. The Morgan fingerprint density at radius 3 is 2.74 bits per heavy atom. The van der Waals surface area contributed by atoms with Crippen LogP contribution in [-0.2, 0) is 16.0 Å². The lowest BCUT2D eigenvalue weighted by molar-refractivity contribution is -0.128. The van der Waals surface area contributed by atoms with E-state index in [0.717, 1.165) is 37.0 Å². The number of likely N-dealkylation sites (tertiary alicyclic amines) is 1. The molecule has 1 aliphatic heterocycles. The SMILES string of the molecule is CC(C)n1c(CCCCCNC(=O)C2CC(=O)N(C)C2)nc2ccccc21. The van der Waals surface area contributed by atoms with Crippen molar-refractivity contribution in [3.8, 4) is 0 Å². The van der Waals surface area contributed by atoms with Gasteiger partial charge >= 0.3 is 0 Å². The third kappa shape index (κ3) is 4.49. The average Bonchev–Trinajstić information content (AvgIpc) is 3.17. The molecule has 0 bridgehead atoms. The van der Waals surface area contributed by atoms with Crippen molar-refractivity contribution in [2.24, 2.45) is 5.92 Å². The van der Waals surface area contributed by atoms with E-state index in [0.29, 0.717) is 25.6 Å². The number of nitrogens with zero attached hydrogens (tertiary/aromatic N) is 3. The van der Waals surface area contributed by atoms with Crippen molar-refractivity contribution in [3.05, 3.63) is 30.1 Å². The van der Waals surface area contributed by atoms with Gasteiger partial charge in [-0.15, -0.1) is 0 Å². The molecule has 1 aliphatic rings. The van der Waals surface area contributed by atoms with Gasteiger partial charge in [-0.2, -0.15) is 0 Å². The van der Waals surface area contributed by atoms with Crippen LogP contribution in [0, 0.1) is 5.92 Å². The summed E-state index contributed by atoms with van der Waals surface area (Å²) < 4.78 is 2.32. The van der Waals surface area contributed by atoms with E-state index < -0.39 is 0 Å². The van der Waals surface area contributed by atoms with Crippen molar-refractivity contribution in [2.45, 2.75) is 52.0 Å². The number of fused-ring (bicyclic) bond motifs is 1. The van der Waals surface area contributed by atoms with Gasteiger partial charge in [0.15, 0.2) is 0 Å². The van der Waals surface area contributed by atoms with Gasteiger partial charge in [0.25, 0.3) is 0 Å². The molecule has 146 valence electrons. The molecule has 1 saturated heterocycles. The number of nitrogens with one attached hydrogen (secondary N) is 1. The number of amides is 2. The number of aryl methyl sites for hydroxylation is 1. The lowest BCUT2D eigenvalue weighted by atomic mass is 10.1. The minimum atomic E-state index is -0.187. The highest BCUT2D eigenvalue weighted by molar-refractivity contribution is 5.89. The number of unbranched alkanes of at least 4 members (excludes halogenated alkanes) is 2. The van der Waals surface area contributed by atoms with Crippen LogP contribution in [0.25, 0.3) is 11.0 Å². The largest absolute Gasteiger partial charge is 0.356 e. The summed E-state index contributed by atoms with van der Waals surface area (Å²) in [5, 5.41) is 2.98. The molecule has 1 fully saturated rings. The maximum atomic E-state index is 12.1. The van der Waals surface area contributed by atoms with Crippen molar-refractivity contribution >= 4 is 22.8 Å². The second kappa shape index (κ2) is 8.55. The first-order valence-corrected chi connectivity index (χ1v) is 9.95. The number of hydrogen-bond donors (Lipinski definition) is 1. The highest BCUT2D eigenvalue weighted by Gasteiger charge is 2.31. The molecule has 2 aromatic rings. The first kappa shape index (κ1) is 19.4. The van der Waals surface area contributed by atoms with Gasteiger partial charge in [-0.3, -0.25) is 9.59 Å². The number of para-hydroxylation sites is 2. The first-order chi connectivity index (χ1) is 13.0. The van der Waals surface area contributed by atoms with E-state index in [4.69, 9.17) is 4.98 Å². The van der Waals surface area contributed by atoms with Gasteiger partial charge in [0.1, 0.15) is 5.82 Å². The molecule has 2 amide bonds. The topological polar surface area (TPSA) is 67.2 Å². The fraction of sp³-hybridized carbons (Fsp3) is 0.571. The van der Waals surface area contributed by atoms with Crippen molar-refractivity contribution in [3.63, 3.8) is 0 Å². The summed E-state index contributed by atoms with van der Waals surface area (Å²) in [4.78, 5) is 30.1. The number of aromatic nitrogens is 2. The van der Waals surface area contributed by atoms with Crippen LogP contribution in [0.3, 0.4) is 0 Å². The third-order valence-electron chi connectivity index (χ3n) is 5.27.